The summed E-state index contributed by atoms with van der Waals surface area (Å²) in [5.74, 6) is 0. The van der Waals surface area contributed by atoms with Gasteiger partial charge in [0.25, 0.3) is 0 Å². The van der Waals surface area contributed by atoms with Crippen molar-refractivity contribution in [3.05, 3.63) is 97.1 Å². The minimum atomic E-state index is 1.20. The highest BCUT2D eigenvalue weighted by molar-refractivity contribution is 7.27. The van der Waals surface area contributed by atoms with Crippen molar-refractivity contribution in [3.63, 3.8) is 0 Å². The lowest BCUT2D eigenvalue weighted by molar-refractivity contribution is 1.57. The molecule has 30 heavy (non-hydrogen) atoms. The molecule has 0 spiro atoms. The maximum Gasteiger partial charge on any atom is 0.0653 e. The molecule has 140 valence electrons. The van der Waals surface area contributed by atoms with E-state index in [1.807, 2.05) is 11.3 Å². The summed E-state index contributed by atoms with van der Waals surface area (Å²) in [5, 5.41) is 8.00. The number of hydrogen-bond donors (Lipinski definition) is 1. The number of thiophene rings is 1. The summed E-state index contributed by atoms with van der Waals surface area (Å²) in [6.45, 7) is 0. The average Bonchev–Trinajstić information content (AvgIpc) is 3.38. The fourth-order valence-electron chi connectivity index (χ4n) is 4.86. The first-order valence-electron chi connectivity index (χ1n) is 10.2. The summed E-state index contributed by atoms with van der Waals surface area (Å²) >= 11 is 1.90. The van der Waals surface area contributed by atoms with E-state index in [-0.39, 0.29) is 0 Å². The first-order valence-corrected chi connectivity index (χ1v) is 11.0. The van der Waals surface area contributed by atoms with E-state index in [1.165, 1.54) is 63.9 Å². The second kappa shape index (κ2) is 5.94. The second-order valence-electron chi connectivity index (χ2n) is 7.85. The predicted octanol–water partition coefficient (Wildman–Crippen LogP) is 8.51. The van der Waals surface area contributed by atoms with Crippen molar-refractivity contribution in [2.24, 2.45) is 0 Å². The van der Waals surface area contributed by atoms with Gasteiger partial charge in [-0.3, -0.25) is 0 Å². The maximum atomic E-state index is 3.73. The lowest BCUT2D eigenvalue weighted by atomic mass is 9.98. The molecule has 0 fully saturated rings. The van der Waals surface area contributed by atoms with E-state index in [0.29, 0.717) is 0 Å². The summed E-state index contributed by atoms with van der Waals surface area (Å²) in [7, 11) is 0. The molecule has 1 N–H and O–H groups in total. The normalized spacial score (nSPS) is 12.0. The first-order chi connectivity index (χ1) is 14.9. The number of aromatic amines is 1. The summed E-state index contributed by atoms with van der Waals surface area (Å²) in [6.07, 6.45) is 0. The molecule has 2 heteroatoms. The van der Waals surface area contributed by atoms with Gasteiger partial charge in [-0.15, -0.1) is 11.3 Å². The maximum absolute atomic E-state index is 3.73. The largest absolute Gasteiger partial charge is 0.353 e. The molecule has 5 aromatic carbocycles. The molecular formula is C28H17NS. The van der Waals surface area contributed by atoms with E-state index in [0.717, 1.165) is 0 Å². The van der Waals surface area contributed by atoms with Gasteiger partial charge in [-0.2, -0.15) is 0 Å². The van der Waals surface area contributed by atoms with Crippen LogP contribution in [0.3, 0.4) is 0 Å². The van der Waals surface area contributed by atoms with Gasteiger partial charge in [0.1, 0.15) is 0 Å². The van der Waals surface area contributed by atoms with Crippen molar-refractivity contribution in [1.82, 2.24) is 4.98 Å². The van der Waals surface area contributed by atoms with E-state index >= 15 is 0 Å². The lowest BCUT2D eigenvalue weighted by Crippen LogP contribution is -1.79. The Morgan fingerprint density at radius 2 is 1.23 bits per heavy atom. The molecule has 7 aromatic rings. The van der Waals surface area contributed by atoms with Crippen LogP contribution >= 0.6 is 11.3 Å². The third-order valence-electron chi connectivity index (χ3n) is 6.20. The Morgan fingerprint density at radius 3 is 2.07 bits per heavy atom. The fraction of sp³-hybridized carbons (Fsp3) is 0. The molecule has 0 atom stereocenters. The average molecular weight is 400 g/mol. The summed E-state index contributed by atoms with van der Waals surface area (Å²) in [4.78, 5) is 3.73. The number of fused-ring (bicyclic) bond motifs is 10. The third kappa shape index (κ3) is 2.11. The number of rotatable bonds is 1. The van der Waals surface area contributed by atoms with Crippen molar-refractivity contribution in [3.8, 4) is 11.1 Å². The Hall–Kier alpha value is -3.62. The molecule has 0 bridgehead atoms. The highest BCUT2D eigenvalue weighted by Gasteiger charge is 2.17. The van der Waals surface area contributed by atoms with Gasteiger partial charge >= 0.3 is 0 Å². The van der Waals surface area contributed by atoms with E-state index in [2.05, 4.69) is 102 Å². The van der Waals surface area contributed by atoms with Gasteiger partial charge in [0.2, 0.25) is 0 Å². The molecular weight excluding hydrogens is 382 g/mol. The van der Waals surface area contributed by atoms with Gasteiger partial charge in [0.05, 0.1) is 10.2 Å². The van der Waals surface area contributed by atoms with E-state index in [1.54, 1.807) is 0 Å². The van der Waals surface area contributed by atoms with Gasteiger partial charge in [-0.25, -0.2) is 0 Å². The zero-order chi connectivity index (χ0) is 19.7. The monoisotopic (exact) mass is 399 g/mol. The van der Waals surface area contributed by atoms with Gasteiger partial charge < -0.3 is 4.98 Å². The lowest BCUT2D eigenvalue weighted by Gasteiger charge is -2.05. The molecule has 1 nitrogen and oxygen atoms in total. The quantitative estimate of drug-likeness (QED) is 0.285. The van der Waals surface area contributed by atoms with Crippen LogP contribution in [-0.2, 0) is 0 Å². The highest BCUT2D eigenvalue weighted by atomic mass is 32.1. The smallest absolute Gasteiger partial charge is 0.0653 e. The Balaban J connectivity index is 1.69. The number of para-hydroxylation sites is 1. The molecule has 0 unspecified atom stereocenters. The topological polar surface area (TPSA) is 15.8 Å². The number of aromatic nitrogens is 1. The molecule has 0 aliphatic carbocycles. The molecule has 0 radical (unpaired) electrons. The Morgan fingerprint density at radius 1 is 0.533 bits per heavy atom. The summed E-state index contributed by atoms with van der Waals surface area (Å²) in [5.41, 5.74) is 4.99. The standard InChI is InChI=1S/C28H17NS/c1-2-8-17(9-3-1)18-14-15-22-24(16-18)30-28-26(22)20-11-5-4-10-19(20)25-21-12-6-7-13-23(21)29-27(25)28/h1-16,29H. The molecule has 2 aromatic heterocycles. The highest BCUT2D eigenvalue weighted by Crippen LogP contribution is 2.46. The number of H-pyrrole nitrogens is 1. The van der Waals surface area contributed by atoms with E-state index in [9.17, 15) is 0 Å². The number of nitrogens with one attached hydrogen (secondary N) is 1. The Bertz CT molecular complexity index is 1740. The van der Waals surface area contributed by atoms with Crippen LogP contribution in [0.2, 0.25) is 0 Å². The molecule has 2 heterocycles. The molecule has 0 saturated heterocycles. The SMILES string of the molecule is c1ccc(-c2ccc3c(c2)sc2c4[nH]c5ccccc5c4c4ccccc4c32)cc1. The third-order valence-corrected chi connectivity index (χ3v) is 7.37. The predicted molar refractivity (Wildman–Crippen MR) is 132 cm³/mol. The van der Waals surface area contributed by atoms with E-state index in [4.69, 9.17) is 0 Å². The zero-order valence-electron chi connectivity index (χ0n) is 16.1. The summed E-state index contributed by atoms with van der Waals surface area (Å²) < 4.78 is 2.68. The summed E-state index contributed by atoms with van der Waals surface area (Å²) in [6, 6.07) is 35.0. The van der Waals surface area contributed by atoms with Crippen LogP contribution in [0.25, 0.3) is 63.9 Å². The second-order valence-corrected chi connectivity index (χ2v) is 8.90. The van der Waals surface area contributed by atoms with Crippen LogP contribution in [-0.4, -0.2) is 4.98 Å². The van der Waals surface area contributed by atoms with Crippen molar-refractivity contribution in [2.45, 2.75) is 0 Å². The molecule has 0 aliphatic rings. The van der Waals surface area contributed by atoms with Crippen molar-refractivity contribution >= 4 is 64.1 Å². The van der Waals surface area contributed by atoms with Crippen LogP contribution in [0.15, 0.2) is 97.1 Å². The minimum absolute atomic E-state index is 1.20. The van der Waals surface area contributed by atoms with Gasteiger partial charge in [-0.1, -0.05) is 84.9 Å². The Labute approximate surface area is 177 Å². The van der Waals surface area contributed by atoms with Crippen LogP contribution in [0, 0.1) is 0 Å². The van der Waals surface area contributed by atoms with Crippen LogP contribution in [0.4, 0.5) is 0 Å². The molecule has 0 aliphatic heterocycles. The van der Waals surface area contributed by atoms with Crippen molar-refractivity contribution in [2.75, 3.05) is 0 Å². The Kier molecular flexibility index (Phi) is 3.21. The first kappa shape index (κ1) is 16.2. The zero-order valence-corrected chi connectivity index (χ0v) is 17.0. The van der Waals surface area contributed by atoms with Crippen molar-refractivity contribution in [1.29, 1.82) is 0 Å². The van der Waals surface area contributed by atoms with Gasteiger partial charge in [0, 0.05) is 31.8 Å². The minimum Gasteiger partial charge on any atom is -0.353 e. The van der Waals surface area contributed by atoms with Crippen LogP contribution < -0.4 is 0 Å². The van der Waals surface area contributed by atoms with Crippen LogP contribution in [0.1, 0.15) is 0 Å². The molecule has 0 saturated carbocycles. The van der Waals surface area contributed by atoms with Crippen LogP contribution in [0.5, 0.6) is 0 Å². The van der Waals surface area contributed by atoms with E-state index < -0.39 is 0 Å². The molecule has 0 amide bonds. The van der Waals surface area contributed by atoms with Gasteiger partial charge in [0.15, 0.2) is 0 Å². The fourth-order valence-corrected chi connectivity index (χ4v) is 6.12. The molecule has 7 rings (SSSR count). The number of benzene rings is 5. The van der Waals surface area contributed by atoms with Crippen molar-refractivity contribution < 1.29 is 0 Å². The van der Waals surface area contributed by atoms with Gasteiger partial charge in [-0.05, 0) is 34.0 Å². The number of hydrogen-bond acceptors (Lipinski definition) is 1.